The standard InChI is InChI=1S/C13H17NO3/c1-10-9-14(7-8-17-10)12(13(15)16)11-5-3-2-4-6-11/h2-6,10,12H,7-9H2,1H3,(H,15,16). The molecule has 92 valence electrons. The van der Waals surface area contributed by atoms with Crippen LogP contribution in [0.15, 0.2) is 30.3 Å². The van der Waals surface area contributed by atoms with Crippen molar-refractivity contribution < 1.29 is 14.6 Å². The number of hydrogen-bond acceptors (Lipinski definition) is 3. The summed E-state index contributed by atoms with van der Waals surface area (Å²) < 4.78 is 5.44. The molecule has 1 saturated heterocycles. The molecule has 2 rings (SSSR count). The van der Waals surface area contributed by atoms with Crippen LogP contribution in [0.5, 0.6) is 0 Å². The van der Waals surface area contributed by atoms with Crippen LogP contribution in [0, 0.1) is 0 Å². The zero-order valence-electron chi connectivity index (χ0n) is 9.87. The Morgan fingerprint density at radius 1 is 1.47 bits per heavy atom. The normalized spacial score (nSPS) is 23.2. The molecule has 0 aromatic heterocycles. The molecular formula is C13H17NO3. The van der Waals surface area contributed by atoms with Crippen LogP contribution in [0.3, 0.4) is 0 Å². The molecule has 0 spiro atoms. The lowest BCUT2D eigenvalue weighted by Gasteiger charge is -2.35. The summed E-state index contributed by atoms with van der Waals surface area (Å²) in [6.07, 6.45) is 0.0920. The average Bonchev–Trinajstić information content (AvgIpc) is 2.30. The van der Waals surface area contributed by atoms with Crippen molar-refractivity contribution >= 4 is 5.97 Å². The minimum absolute atomic E-state index is 0.0920. The van der Waals surface area contributed by atoms with E-state index in [0.29, 0.717) is 19.7 Å². The summed E-state index contributed by atoms with van der Waals surface area (Å²) in [5, 5.41) is 9.38. The van der Waals surface area contributed by atoms with Gasteiger partial charge in [-0.05, 0) is 12.5 Å². The Labute approximate surface area is 101 Å². The summed E-state index contributed by atoms with van der Waals surface area (Å²) in [5.74, 6) is -0.801. The number of hydrogen-bond donors (Lipinski definition) is 1. The van der Waals surface area contributed by atoms with Gasteiger partial charge >= 0.3 is 5.97 Å². The van der Waals surface area contributed by atoms with Crippen LogP contribution < -0.4 is 0 Å². The van der Waals surface area contributed by atoms with Gasteiger partial charge in [-0.25, -0.2) is 0 Å². The third-order valence-electron chi connectivity index (χ3n) is 2.99. The number of rotatable bonds is 3. The molecule has 1 heterocycles. The molecule has 4 nitrogen and oxygen atoms in total. The summed E-state index contributed by atoms with van der Waals surface area (Å²) in [6.45, 7) is 3.88. The van der Waals surface area contributed by atoms with Gasteiger partial charge in [-0.3, -0.25) is 9.69 Å². The Balaban J connectivity index is 2.20. The summed E-state index contributed by atoms with van der Waals surface area (Å²) in [7, 11) is 0. The summed E-state index contributed by atoms with van der Waals surface area (Å²) in [6, 6.07) is 8.79. The highest BCUT2D eigenvalue weighted by molar-refractivity contribution is 5.75. The molecule has 2 atom stereocenters. The Bertz CT molecular complexity index is 380. The van der Waals surface area contributed by atoms with E-state index < -0.39 is 12.0 Å². The monoisotopic (exact) mass is 235 g/mol. The molecule has 1 fully saturated rings. The molecule has 1 N–H and O–H groups in total. The molecule has 0 radical (unpaired) electrons. The number of nitrogens with zero attached hydrogens (tertiary/aromatic N) is 1. The largest absolute Gasteiger partial charge is 0.480 e. The van der Waals surface area contributed by atoms with Gasteiger partial charge in [0, 0.05) is 13.1 Å². The Kier molecular flexibility index (Phi) is 3.76. The SMILES string of the molecule is CC1CN(C(C(=O)O)c2ccccc2)CCO1. The number of carboxylic acid groups (broad SMARTS) is 1. The quantitative estimate of drug-likeness (QED) is 0.863. The van der Waals surface area contributed by atoms with Gasteiger partial charge in [0.2, 0.25) is 0 Å². The molecular weight excluding hydrogens is 218 g/mol. The van der Waals surface area contributed by atoms with E-state index in [1.807, 2.05) is 42.2 Å². The average molecular weight is 235 g/mol. The first-order valence-electron chi connectivity index (χ1n) is 5.82. The van der Waals surface area contributed by atoms with Gasteiger partial charge in [0.1, 0.15) is 6.04 Å². The van der Waals surface area contributed by atoms with Crippen LogP contribution in [-0.2, 0) is 9.53 Å². The lowest BCUT2D eigenvalue weighted by molar-refractivity contribution is -0.146. The highest BCUT2D eigenvalue weighted by Crippen LogP contribution is 2.23. The van der Waals surface area contributed by atoms with Crippen molar-refractivity contribution in [3.8, 4) is 0 Å². The summed E-state index contributed by atoms with van der Waals surface area (Å²) >= 11 is 0. The van der Waals surface area contributed by atoms with Crippen molar-refractivity contribution in [3.05, 3.63) is 35.9 Å². The molecule has 4 heteroatoms. The second kappa shape index (κ2) is 5.29. The summed E-state index contributed by atoms with van der Waals surface area (Å²) in [4.78, 5) is 13.4. The number of morpholine rings is 1. The fourth-order valence-corrected chi connectivity index (χ4v) is 2.22. The Morgan fingerprint density at radius 3 is 2.76 bits per heavy atom. The van der Waals surface area contributed by atoms with E-state index in [2.05, 4.69) is 0 Å². The van der Waals surface area contributed by atoms with E-state index in [0.717, 1.165) is 5.56 Å². The molecule has 1 aromatic carbocycles. The van der Waals surface area contributed by atoms with E-state index in [-0.39, 0.29) is 6.10 Å². The van der Waals surface area contributed by atoms with Crippen molar-refractivity contribution in [2.75, 3.05) is 19.7 Å². The van der Waals surface area contributed by atoms with Gasteiger partial charge in [0.15, 0.2) is 0 Å². The Hall–Kier alpha value is -1.39. The molecule has 17 heavy (non-hydrogen) atoms. The lowest BCUT2D eigenvalue weighted by Crippen LogP contribution is -2.45. The van der Waals surface area contributed by atoms with E-state index in [1.165, 1.54) is 0 Å². The fraction of sp³-hybridized carbons (Fsp3) is 0.462. The van der Waals surface area contributed by atoms with Crippen LogP contribution in [0.25, 0.3) is 0 Å². The van der Waals surface area contributed by atoms with E-state index in [1.54, 1.807) is 0 Å². The molecule has 0 bridgehead atoms. The molecule has 0 aliphatic carbocycles. The minimum atomic E-state index is -0.801. The van der Waals surface area contributed by atoms with Gasteiger partial charge < -0.3 is 9.84 Å². The topological polar surface area (TPSA) is 49.8 Å². The maximum atomic E-state index is 11.4. The van der Waals surface area contributed by atoms with E-state index in [4.69, 9.17) is 4.74 Å². The van der Waals surface area contributed by atoms with Gasteiger partial charge in [-0.15, -0.1) is 0 Å². The van der Waals surface area contributed by atoms with Crippen molar-refractivity contribution in [1.29, 1.82) is 0 Å². The molecule has 0 amide bonds. The first kappa shape index (κ1) is 12.1. The Morgan fingerprint density at radius 2 is 2.18 bits per heavy atom. The van der Waals surface area contributed by atoms with Crippen molar-refractivity contribution in [2.24, 2.45) is 0 Å². The second-order valence-corrected chi connectivity index (χ2v) is 4.33. The smallest absolute Gasteiger partial charge is 0.325 e. The molecule has 1 aliphatic heterocycles. The van der Waals surface area contributed by atoms with Gasteiger partial charge in [0.25, 0.3) is 0 Å². The number of benzene rings is 1. The van der Waals surface area contributed by atoms with E-state index >= 15 is 0 Å². The lowest BCUT2D eigenvalue weighted by atomic mass is 10.0. The zero-order chi connectivity index (χ0) is 12.3. The molecule has 0 saturated carbocycles. The number of carboxylic acids is 1. The minimum Gasteiger partial charge on any atom is -0.480 e. The van der Waals surface area contributed by atoms with Gasteiger partial charge in [0.05, 0.1) is 12.7 Å². The van der Waals surface area contributed by atoms with Crippen LogP contribution in [0.2, 0.25) is 0 Å². The first-order valence-corrected chi connectivity index (χ1v) is 5.82. The first-order chi connectivity index (χ1) is 8.18. The molecule has 1 aromatic rings. The van der Waals surface area contributed by atoms with Crippen LogP contribution >= 0.6 is 0 Å². The maximum absolute atomic E-state index is 11.4. The maximum Gasteiger partial charge on any atom is 0.325 e. The van der Waals surface area contributed by atoms with Gasteiger partial charge in [-0.2, -0.15) is 0 Å². The number of ether oxygens (including phenoxy) is 1. The van der Waals surface area contributed by atoms with Gasteiger partial charge in [-0.1, -0.05) is 30.3 Å². The predicted octanol–water partition coefficient (Wildman–Crippen LogP) is 1.53. The van der Waals surface area contributed by atoms with Crippen molar-refractivity contribution in [1.82, 2.24) is 4.90 Å². The molecule has 1 aliphatic rings. The van der Waals surface area contributed by atoms with Crippen LogP contribution in [0.1, 0.15) is 18.5 Å². The van der Waals surface area contributed by atoms with Crippen LogP contribution in [0.4, 0.5) is 0 Å². The fourth-order valence-electron chi connectivity index (χ4n) is 2.22. The third-order valence-corrected chi connectivity index (χ3v) is 2.99. The van der Waals surface area contributed by atoms with E-state index in [9.17, 15) is 9.90 Å². The van der Waals surface area contributed by atoms with Crippen molar-refractivity contribution in [3.63, 3.8) is 0 Å². The highest BCUT2D eigenvalue weighted by atomic mass is 16.5. The molecule has 2 unspecified atom stereocenters. The number of aliphatic carboxylic acids is 1. The zero-order valence-corrected chi connectivity index (χ0v) is 9.87. The predicted molar refractivity (Wildman–Crippen MR) is 63.8 cm³/mol. The second-order valence-electron chi connectivity index (χ2n) is 4.33. The third kappa shape index (κ3) is 2.84. The summed E-state index contributed by atoms with van der Waals surface area (Å²) in [5.41, 5.74) is 0.828. The highest BCUT2D eigenvalue weighted by Gasteiger charge is 2.30. The van der Waals surface area contributed by atoms with Crippen molar-refractivity contribution in [2.45, 2.75) is 19.1 Å². The number of carbonyl (C=O) groups is 1. The van der Waals surface area contributed by atoms with Crippen LogP contribution in [-0.4, -0.2) is 41.8 Å².